The molecule has 3 atom stereocenters. The van der Waals surface area contributed by atoms with Gasteiger partial charge in [0.1, 0.15) is 49.0 Å². The zero-order chi connectivity index (χ0) is 54.2. The summed E-state index contributed by atoms with van der Waals surface area (Å²) in [6.07, 6.45) is -0.632. The number of carbonyl (C=O) groups is 4. The SMILES string of the molecule is CNCCC[C@H](NC(=O)OC(C)(C)C)C(=O)N(C)C(Cc1cc(-c2ccc(OCc3ccccc3)c(CC(NC)C(=O)c3c(F)c(F)c(F)c(F)c3F)c2)ccc1OCc1ccccc1)C(=O)OCc1ccccc1. The van der Waals surface area contributed by atoms with Crippen molar-refractivity contribution in [1.82, 2.24) is 20.9 Å². The maximum Gasteiger partial charge on any atom is 0.408 e. The van der Waals surface area contributed by atoms with Crippen LogP contribution in [-0.4, -0.2) is 80.1 Å². The molecule has 2 amide bonds. The van der Waals surface area contributed by atoms with E-state index in [1.165, 1.54) is 19.0 Å². The highest BCUT2D eigenvalue weighted by atomic mass is 19.2. The van der Waals surface area contributed by atoms with Gasteiger partial charge >= 0.3 is 12.1 Å². The Morgan fingerprint density at radius 3 is 1.53 bits per heavy atom. The lowest BCUT2D eigenvalue weighted by molar-refractivity contribution is -0.155. The molecule has 0 saturated carbocycles. The van der Waals surface area contributed by atoms with Gasteiger partial charge in [0.15, 0.2) is 29.1 Å². The number of Topliss-reactive ketones (excluding diaryl/α,β-unsaturated/α-hetero) is 1. The highest BCUT2D eigenvalue weighted by Crippen LogP contribution is 2.34. The number of nitrogens with zero attached hydrogens (tertiary/aromatic N) is 1. The highest BCUT2D eigenvalue weighted by Gasteiger charge is 2.36. The molecule has 6 aromatic rings. The van der Waals surface area contributed by atoms with Crippen molar-refractivity contribution < 1.29 is 60.1 Å². The molecule has 0 aromatic heterocycles. The Bertz CT molecular complexity index is 2880. The molecule has 0 bridgehead atoms. The van der Waals surface area contributed by atoms with Crippen molar-refractivity contribution in [2.24, 2.45) is 0 Å². The molecule has 0 fully saturated rings. The Morgan fingerprint density at radius 2 is 1.07 bits per heavy atom. The van der Waals surface area contributed by atoms with Crippen molar-refractivity contribution in [2.75, 3.05) is 27.7 Å². The van der Waals surface area contributed by atoms with E-state index in [0.717, 1.165) is 11.1 Å². The van der Waals surface area contributed by atoms with Crippen LogP contribution in [0.15, 0.2) is 127 Å². The van der Waals surface area contributed by atoms with E-state index in [4.69, 9.17) is 18.9 Å². The van der Waals surface area contributed by atoms with Gasteiger partial charge in [0.05, 0.1) is 11.6 Å². The number of hydrogen-bond donors (Lipinski definition) is 3. The van der Waals surface area contributed by atoms with Crippen LogP contribution < -0.4 is 25.4 Å². The normalized spacial score (nSPS) is 12.5. The number of nitrogens with one attached hydrogen (secondary N) is 3. The van der Waals surface area contributed by atoms with Crippen LogP contribution in [0.5, 0.6) is 11.5 Å². The van der Waals surface area contributed by atoms with Gasteiger partial charge in [-0.05, 0) is 124 Å². The molecule has 6 aromatic carbocycles. The molecule has 12 nitrogen and oxygen atoms in total. The third kappa shape index (κ3) is 15.5. The van der Waals surface area contributed by atoms with E-state index in [-0.39, 0.29) is 44.8 Å². The van der Waals surface area contributed by atoms with E-state index in [9.17, 15) is 32.3 Å². The van der Waals surface area contributed by atoms with Gasteiger partial charge in [-0.3, -0.25) is 9.59 Å². The summed E-state index contributed by atoms with van der Waals surface area (Å²) in [4.78, 5) is 57.3. The number of benzene rings is 6. The van der Waals surface area contributed by atoms with Gasteiger partial charge in [-0.2, -0.15) is 0 Å². The average Bonchev–Trinajstić information content (AvgIpc) is 3.40. The first-order chi connectivity index (χ1) is 35.9. The first kappa shape index (κ1) is 56.7. The summed E-state index contributed by atoms with van der Waals surface area (Å²) in [5.74, 6) is -13.5. The van der Waals surface area contributed by atoms with Crippen LogP contribution in [0.2, 0.25) is 0 Å². The summed E-state index contributed by atoms with van der Waals surface area (Å²) in [7, 11) is 4.53. The lowest BCUT2D eigenvalue weighted by atomic mass is 9.92. The van der Waals surface area contributed by atoms with Crippen molar-refractivity contribution in [1.29, 1.82) is 0 Å². The zero-order valence-electron chi connectivity index (χ0n) is 42.6. The average molecular weight is 1040 g/mol. The number of rotatable bonds is 24. The van der Waals surface area contributed by atoms with Crippen LogP contribution in [0, 0.1) is 29.1 Å². The number of amides is 2. The quantitative estimate of drug-likeness (QED) is 0.0134. The van der Waals surface area contributed by atoms with Crippen LogP contribution in [0.1, 0.15) is 71.8 Å². The first-order valence-corrected chi connectivity index (χ1v) is 24.3. The summed E-state index contributed by atoms with van der Waals surface area (Å²) in [6, 6.07) is 33.8. The molecule has 17 heteroatoms. The Labute approximate surface area is 433 Å². The fourth-order valence-electron chi connectivity index (χ4n) is 8.13. The number of ether oxygens (including phenoxy) is 4. The fourth-order valence-corrected chi connectivity index (χ4v) is 8.13. The van der Waals surface area contributed by atoms with Crippen molar-refractivity contribution >= 4 is 23.8 Å². The number of hydrogen-bond acceptors (Lipinski definition) is 10. The number of alkyl carbamates (subject to hydrolysis) is 1. The minimum atomic E-state index is -2.39. The lowest BCUT2D eigenvalue weighted by Gasteiger charge is -2.31. The lowest BCUT2D eigenvalue weighted by Crippen LogP contribution is -2.54. The number of carbonyl (C=O) groups excluding carboxylic acids is 4. The van der Waals surface area contributed by atoms with E-state index < -0.39 is 82.1 Å². The summed E-state index contributed by atoms with van der Waals surface area (Å²) in [5.41, 5.74) is 1.71. The first-order valence-electron chi connectivity index (χ1n) is 24.3. The zero-order valence-corrected chi connectivity index (χ0v) is 42.6. The van der Waals surface area contributed by atoms with Crippen LogP contribution in [-0.2, 0) is 51.7 Å². The second-order valence-corrected chi connectivity index (χ2v) is 18.8. The van der Waals surface area contributed by atoms with Gasteiger partial charge in [-0.15, -0.1) is 0 Å². The molecule has 0 radical (unpaired) electrons. The van der Waals surface area contributed by atoms with Crippen LogP contribution in [0.25, 0.3) is 11.1 Å². The largest absolute Gasteiger partial charge is 0.489 e. The third-order valence-electron chi connectivity index (χ3n) is 12.1. The minimum Gasteiger partial charge on any atom is -0.489 e. The smallest absolute Gasteiger partial charge is 0.408 e. The Hall–Kier alpha value is -7.63. The van der Waals surface area contributed by atoms with Gasteiger partial charge in [-0.25, -0.2) is 31.5 Å². The van der Waals surface area contributed by atoms with Gasteiger partial charge in [0.2, 0.25) is 11.7 Å². The molecule has 0 aliphatic heterocycles. The van der Waals surface area contributed by atoms with Gasteiger partial charge in [-0.1, -0.05) is 103 Å². The highest BCUT2D eigenvalue weighted by molar-refractivity contribution is 6.01. The molecular formula is C58H61F5N4O8. The van der Waals surface area contributed by atoms with Crippen molar-refractivity contribution in [3.63, 3.8) is 0 Å². The Balaban J connectivity index is 1.43. The molecule has 6 rings (SSSR count). The van der Waals surface area contributed by atoms with E-state index >= 15 is 8.78 Å². The second-order valence-electron chi connectivity index (χ2n) is 18.8. The summed E-state index contributed by atoms with van der Waals surface area (Å²) in [5, 5.41) is 8.42. The van der Waals surface area contributed by atoms with Gasteiger partial charge < -0.3 is 39.8 Å². The van der Waals surface area contributed by atoms with Crippen molar-refractivity contribution in [2.45, 2.75) is 90.0 Å². The molecule has 396 valence electrons. The van der Waals surface area contributed by atoms with E-state index in [2.05, 4.69) is 16.0 Å². The van der Waals surface area contributed by atoms with E-state index in [1.54, 1.807) is 88.5 Å². The fraction of sp³-hybridized carbons (Fsp3) is 0.310. The Kier molecular flexibility index (Phi) is 20.1. The molecule has 0 heterocycles. The van der Waals surface area contributed by atoms with Gasteiger partial charge in [0, 0.05) is 13.5 Å². The third-order valence-corrected chi connectivity index (χ3v) is 12.1. The molecule has 0 spiro atoms. The Morgan fingerprint density at radius 1 is 0.600 bits per heavy atom. The molecule has 0 aliphatic rings. The minimum absolute atomic E-state index is 0.0677. The molecule has 0 saturated heterocycles. The summed E-state index contributed by atoms with van der Waals surface area (Å²) < 4.78 is 97.1. The van der Waals surface area contributed by atoms with E-state index in [0.29, 0.717) is 46.5 Å². The molecule has 3 N–H and O–H groups in total. The standard InChI is InChI=1S/C58H61F5N4O8/c1-58(2,3)75-57(71)66-43(23-16-28-64-4)55(69)67(6)45(56(70)74-35-38-21-14-9-15-22-38)32-42-30-40(25-27-47(42)73-34-37-19-12-8-13-20-37)39-24-26-46(72-33-36-17-10-7-11-18-36)41(29-39)31-44(65-5)54(68)48-49(59)51(61)53(63)52(62)50(48)60/h7-15,17-22,24-27,29-30,43-45,64-65H,16,23,28,31-35H2,1-6H3,(H,66,71)/t43-,44?,45?/m0/s1. The number of ketones is 1. The number of esters is 1. The van der Waals surface area contributed by atoms with Crippen LogP contribution >= 0.6 is 0 Å². The number of halogens is 5. The van der Waals surface area contributed by atoms with Crippen molar-refractivity contribution in [3.05, 3.63) is 190 Å². The topological polar surface area (TPSA) is 145 Å². The van der Waals surface area contributed by atoms with Crippen LogP contribution in [0.3, 0.4) is 0 Å². The predicted molar refractivity (Wildman–Crippen MR) is 273 cm³/mol. The van der Waals surface area contributed by atoms with Crippen molar-refractivity contribution in [3.8, 4) is 22.6 Å². The van der Waals surface area contributed by atoms with Gasteiger partial charge in [0.25, 0.3) is 0 Å². The summed E-state index contributed by atoms with van der Waals surface area (Å²) in [6.45, 7) is 5.70. The monoisotopic (exact) mass is 1040 g/mol. The van der Waals surface area contributed by atoms with Crippen LogP contribution in [0.4, 0.5) is 26.7 Å². The second kappa shape index (κ2) is 26.5. The summed E-state index contributed by atoms with van der Waals surface area (Å²) >= 11 is 0. The molecule has 2 unspecified atom stereocenters. The predicted octanol–water partition coefficient (Wildman–Crippen LogP) is 10.2. The van der Waals surface area contributed by atoms with E-state index in [1.807, 2.05) is 66.7 Å². The molecule has 75 heavy (non-hydrogen) atoms. The molecule has 0 aliphatic carbocycles. The molecular weight excluding hydrogens is 976 g/mol. The number of likely N-dealkylation sites (N-methyl/N-ethyl adjacent to an activating group) is 2. The maximum atomic E-state index is 15.1. The maximum absolute atomic E-state index is 15.1.